The molecule has 1 aliphatic rings. The minimum Gasteiger partial charge on any atom is -0.338 e. The van der Waals surface area contributed by atoms with E-state index in [9.17, 15) is 0 Å². The normalized spacial score (nSPS) is 18.9. The molecule has 1 aromatic heterocycles. The maximum absolute atomic E-state index is 5.61. The summed E-state index contributed by atoms with van der Waals surface area (Å²) in [5.74, 6) is 2.33. The Kier molecular flexibility index (Phi) is 4.58. The van der Waals surface area contributed by atoms with E-state index in [1.165, 1.54) is 12.8 Å². The second-order valence-electron chi connectivity index (χ2n) is 6.56. The van der Waals surface area contributed by atoms with Crippen molar-refractivity contribution in [3.63, 3.8) is 0 Å². The van der Waals surface area contributed by atoms with Crippen molar-refractivity contribution in [2.24, 2.45) is 11.7 Å². The fraction of sp³-hybridized carbons (Fsp3) is 0.857. The van der Waals surface area contributed by atoms with E-state index in [-0.39, 0.29) is 5.41 Å². The van der Waals surface area contributed by atoms with Gasteiger partial charge in [-0.2, -0.15) is 4.98 Å². The average Bonchev–Trinajstić information content (AvgIpc) is 2.80. The smallest absolute Gasteiger partial charge is 0.240 e. The Morgan fingerprint density at radius 3 is 2.53 bits per heavy atom. The van der Waals surface area contributed by atoms with Gasteiger partial charge < -0.3 is 10.3 Å². The topological polar surface area (TPSA) is 68.2 Å². The summed E-state index contributed by atoms with van der Waals surface area (Å²) in [7, 11) is 0. The second-order valence-corrected chi connectivity index (χ2v) is 6.56. The Hall–Kier alpha value is -0.940. The van der Waals surface area contributed by atoms with Crippen LogP contribution in [0.15, 0.2) is 4.52 Å². The van der Waals surface area contributed by atoms with E-state index >= 15 is 0 Å². The molecule has 0 aliphatic carbocycles. The minimum absolute atomic E-state index is 0.0458. The lowest BCUT2D eigenvalue weighted by atomic mass is 9.94. The Bertz CT molecular complexity index is 388. The lowest BCUT2D eigenvalue weighted by Gasteiger charge is -2.30. The standard InChI is InChI=1S/C14H26N4O/c1-14(2,3)13-16-12(19-17-13)10-18-8-5-11(4-7-15)6-9-18/h11H,4-10,15H2,1-3H3. The lowest BCUT2D eigenvalue weighted by molar-refractivity contribution is 0.156. The van der Waals surface area contributed by atoms with Crippen LogP contribution in [0.5, 0.6) is 0 Å². The predicted octanol–water partition coefficient (Wildman–Crippen LogP) is 1.93. The van der Waals surface area contributed by atoms with Gasteiger partial charge in [-0.15, -0.1) is 0 Å². The maximum atomic E-state index is 5.61. The molecule has 1 aliphatic heterocycles. The molecule has 5 nitrogen and oxygen atoms in total. The molecule has 0 unspecified atom stereocenters. The van der Waals surface area contributed by atoms with Crippen molar-refractivity contribution in [1.82, 2.24) is 15.0 Å². The van der Waals surface area contributed by atoms with Gasteiger partial charge in [-0.3, -0.25) is 4.90 Å². The molecule has 0 aromatic carbocycles. The first kappa shape index (κ1) is 14.5. The van der Waals surface area contributed by atoms with Crippen LogP contribution in [0.1, 0.15) is 51.7 Å². The number of aromatic nitrogens is 2. The molecule has 2 heterocycles. The van der Waals surface area contributed by atoms with E-state index in [4.69, 9.17) is 10.3 Å². The highest BCUT2D eigenvalue weighted by Gasteiger charge is 2.23. The van der Waals surface area contributed by atoms with Gasteiger partial charge in [-0.1, -0.05) is 25.9 Å². The molecule has 0 saturated carbocycles. The van der Waals surface area contributed by atoms with Crippen LogP contribution in [-0.2, 0) is 12.0 Å². The monoisotopic (exact) mass is 266 g/mol. The summed E-state index contributed by atoms with van der Waals surface area (Å²) in [6, 6.07) is 0. The van der Waals surface area contributed by atoms with Gasteiger partial charge in [0.1, 0.15) is 0 Å². The van der Waals surface area contributed by atoms with Crippen LogP contribution in [-0.4, -0.2) is 34.7 Å². The van der Waals surface area contributed by atoms with E-state index in [2.05, 4.69) is 35.8 Å². The molecule has 2 N–H and O–H groups in total. The third-order valence-electron chi connectivity index (χ3n) is 3.78. The van der Waals surface area contributed by atoms with Crippen LogP contribution >= 0.6 is 0 Å². The van der Waals surface area contributed by atoms with Gasteiger partial charge in [0.05, 0.1) is 6.54 Å². The van der Waals surface area contributed by atoms with Crippen molar-refractivity contribution in [2.75, 3.05) is 19.6 Å². The lowest BCUT2D eigenvalue weighted by Crippen LogP contribution is -2.34. The fourth-order valence-electron chi connectivity index (χ4n) is 2.48. The van der Waals surface area contributed by atoms with Gasteiger partial charge in [0, 0.05) is 5.41 Å². The molecule has 1 fully saturated rings. The summed E-state index contributed by atoms with van der Waals surface area (Å²) in [6.07, 6.45) is 3.62. The number of hydrogen-bond donors (Lipinski definition) is 1. The van der Waals surface area contributed by atoms with Gasteiger partial charge >= 0.3 is 0 Å². The summed E-state index contributed by atoms with van der Waals surface area (Å²) < 4.78 is 5.35. The fourth-order valence-corrected chi connectivity index (χ4v) is 2.48. The highest BCUT2D eigenvalue weighted by atomic mass is 16.5. The van der Waals surface area contributed by atoms with Crippen molar-refractivity contribution in [3.05, 3.63) is 11.7 Å². The zero-order valence-electron chi connectivity index (χ0n) is 12.4. The summed E-state index contributed by atoms with van der Waals surface area (Å²) in [6.45, 7) is 10.1. The zero-order valence-corrected chi connectivity index (χ0v) is 12.4. The Labute approximate surface area is 115 Å². The number of nitrogens with two attached hydrogens (primary N) is 1. The predicted molar refractivity (Wildman–Crippen MR) is 74.7 cm³/mol. The first-order valence-electron chi connectivity index (χ1n) is 7.24. The van der Waals surface area contributed by atoms with Crippen LogP contribution in [0, 0.1) is 5.92 Å². The first-order valence-corrected chi connectivity index (χ1v) is 7.24. The molecular weight excluding hydrogens is 240 g/mol. The summed E-state index contributed by atoms with van der Waals surface area (Å²) in [5.41, 5.74) is 5.57. The van der Waals surface area contributed by atoms with Crippen molar-refractivity contribution in [2.45, 2.75) is 52.0 Å². The van der Waals surface area contributed by atoms with Crippen LogP contribution in [0.3, 0.4) is 0 Å². The van der Waals surface area contributed by atoms with E-state index in [1.54, 1.807) is 0 Å². The largest absolute Gasteiger partial charge is 0.338 e. The minimum atomic E-state index is -0.0458. The summed E-state index contributed by atoms with van der Waals surface area (Å²) in [5, 5.41) is 4.07. The van der Waals surface area contributed by atoms with Crippen molar-refractivity contribution < 1.29 is 4.52 Å². The molecule has 0 atom stereocenters. The second kappa shape index (κ2) is 6.01. The molecule has 0 radical (unpaired) electrons. The van der Waals surface area contributed by atoms with Gasteiger partial charge in [0.2, 0.25) is 5.89 Å². The van der Waals surface area contributed by atoms with Gasteiger partial charge in [-0.05, 0) is 44.8 Å². The average molecular weight is 266 g/mol. The Morgan fingerprint density at radius 2 is 2.00 bits per heavy atom. The summed E-state index contributed by atoms with van der Waals surface area (Å²) >= 11 is 0. The summed E-state index contributed by atoms with van der Waals surface area (Å²) in [4.78, 5) is 6.89. The van der Waals surface area contributed by atoms with Gasteiger partial charge in [0.15, 0.2) is 5.82 Å². The zero-order chi connectivity index (χ0) is 13.9. The quantitative estimate of drug-likeness (QED) is 0.902. The molecule has 108 valence electrons. The van der Waals surface area contributed by atoms with Crippen molar-refractivity contribution >= 4 is 0 Å². The number of rotatable bonds is 4. The van der Waals surface area contributed by atoms with E-state index in [1.807, 2.05) is 0 Å². The molecular formula is C14H26N4O. The Balaban J connectivity index is 1.84. The van der Waals surface area contributed by atoms with E-state index in [0.29, 0.717) is 0 Å². The number of likely N-dealkylation sites (tertiary alicyclic amines) is 1. The molecule has 1 saturated heterocycles. The van der Waals surface area contributed by atoms with Crippen LogP contribution in [0.2, 0.25) is 0 Å². The van der Waals surface area contributed by atoms with Crippen LogP contribution in [0.4, 0.5) is 0 Å². The van der Waals surface area contributed by atoms with Gasteiger partial charge in [0.25, 0.3) is 0 Å². The number of hydrogen-bond acceptors (Lipinski definition) is 5. The van der Waals surface area contributed by atoms with E-state index in [0.717, 1.165) is 50.2 Å². The number of piperidine rings is 1. The first-order chi connectivity index (χ1) is 8.99. The molecule has 2 rings (SSSR count). The molecule has 5 heteroatoms. The van der Waals surface area contributed by atoms with Gasteiger partial charge in [-0.25, -0.2) is 0 Å². The maximum Gasteiger partial charge on any atom is 0.240 e. The van der Waals surface area contributed by atoms with Crippen molar-refractivity contribution in [3.8, 4) is 0 Å². The molecule has 0 amide bonds. The third kappa shape index (κ3) is 4.01. The SMILES string of the molecule is CC(C)(C)c1noc(CN2CCC(CCN)CC2)n1. The molecule has 0 bridgehead atoms. The third-order valence-corrected chi connectivity index (χ3v) is 3.78. The van der Waals surface area contributed by atoms with E-state index < -0.39 is 0 Å². The highest BCUT2D eigenvalue weighted by Crippen LogP contribution is 2.22. The number of nitrogens with zero attached hydrogens (tertiary/aromatic N) is 3. The molecule has 0 spiro atoms. The Morgan fingerprint density at radius 1 is 1.32 bits per heavy atom. The highest BCUT2D eigenvalue weighted by molar-refractivity contribution is 4.99. The van der Waals surface area contributed by atoms with Crippen molar-refractivity contribution in [1.29, 1.82) is 0 Å². The van der Waals surface area contributed by atoms with Crippen LogP contribution in [0.25, 0.3) is 0 Å². The molecule has 19 heavy (non-hydrogen) atoms. The van der Waals surface area contributed by atoms with Crippen LogP contribution < -0.4 is 5.73 Å². The molecule has 1 aromatic rings.